The summed E-state index contributed by atoms with van der Waals surface area (Å²) in [5.41, 5.74) is 0. The van der Waals surface area contributed by atoms with E-state index in [-0.39, 0.29) is 24.4 Å². The number of amides is 3. The van der Waals surface area contributed by atoms with Crippen molar-refractivity contribution in [3.63, 3.8) is 0 Å². The molecule has 1 saturated carbocycles. The van der Waals surface area contributed by atoms with Crippen LogP contribution in [0, 0.1) is 11.8 Å². The summed E-state index contributed by atoms with van der Waals surface area (Å²) in [6.45, 7) is 4.36. The highest BCUT2D eigenvalue weighted by Gasteiger charge is 2.42. The van der Waals surface area contributed by atoms with Gasteiger partial charge in [0.25, 0.3) is 0 Å². The second-order valence-corrected chi connectivity index (χ2v) is 9.88. The zero-order valence-electron chi connectivity index (χ0n) is 20.0. The molecule has 34 heavy (non-hydrogen) atoms. The number of hydrogen-bond acceptors (Lipinski definition) is 7. The largest absolute Gasteiger partial charge is 0.337 e. The van der Waals surface area contributed by atoms with Crippen molar-refractivity contribution in [1.29, 1.82) is 0 Å². The summed E-state index contributed by atoms with van der Waals surface area (Å²) >= 11 is 0. The lowest BCUT2D eigenvalue weighted by molar-refractivity contribution is -0.159. The summed E-state index contributed by atoms with van der Waals surface area (Å²) in [6.07, 6.45) is 10.3. The van der Waals surface area contributed by atoms with Gasteiger partial charge in [0.05, 0.1) is 12.5 Å². The molecule has 0 spiro atoms. The van der Waals surface area contributed by atoms with Crippen LogP contribution in [0.5, 0.6) is 0 Å². The molecule has 2 aliphatic heterocycles. The van der Waals surface area contributed by atoms with E-state index in [4.69, 9.17) is 0 Å². The van der Waals surface area contributed by atoms with E-state index in [0.717, 1.165) is 32.1 Å². The number of aromatic nitrogens is 2. The molecular weight excluding hydrogens is 436 g/mol. The van der Waals surface area contributed by atoms with E-state index >= 15 is 0 Å². The van der Waals surface area contributed by atoms with Crippen LogP contribution in [0.2, 0.25) is 0 Å². The van der Waals surface area contributed by atoms with E-state index < -0.39 is 12.0 Å². The first-order valence-corrected chi connectivity index (χ1v) is 12.5. The summed E-state index contributed by atoms with van der Waals surface area (Å²) in [7, 11) is 0. The molecule has 0 radical (unpaired) electrons. The minimum Gasteiger partial charge on any atom is -0.337 e. The summed E-state index contributed by atoms with van der Waals surface area (Å²) < 4.78 is 0. The smallest absolute Gasteiger partial charge is 0.245 e. The molecule has 4 rings (SSSR count). The maximum Gasteiger partial charge on any atom is 0.245 e. The fourth-order valence-corrected chi connectivity index (χ4v) is 5.81. The number of nitrogens with zero attached hydrogens (tertiary/aromatic N) is 6. The first-order chi connectivity index (χ1) is 16.5. The highest BCUT2D eigenvalue weighted by Crippen LogP contribution is 2.33. The molecule has 3 amide bonds. The standard InChI is InChI=1S/C24H36N6O4/c1-18-15-27(24-25-9-5-10-26-24)12-13-29(18)23(33)21-8-4-11-30(21)22(32)20(16-28(34)17-31)14-19-6-2-3-7-19/h5,9-10,17-21,34H,2-4,6-8,11-16H2,1H3/t18-,20?,21+/m1/s1. The van der Waals surface area contributed by atoms with Crippen molar-refractivity contribution < 1.29 is 19.6 Å². The van der Waals surface area contributed by atoms with E-state index in [1.54, 1.807) is 23.4 Å². The van der Waals surface area contributed by atoms with Crippen LogP contribution < -0.4 is 4.90 Å². The Morgan fingerprint density at radius 1 is 1.12 bits per heavy atom. The molecule has 1 aliphatic carbocycles. The third kappa shape index (κ3) is 5.48. The number of likely N-dealkylation sites (tertiary alicyclic amines) is 1. The fraction of sp³-hybridized carbons (Fsp3) is 0.708. The van der Waals surface area contributed by atoms with Gasteiger partial charge in [0.15, 0.2) is 0 Å². The molecule has 3 fully saturated rings. The van der Waals surface area contributed by atoms with E-state index in [2.05, 4.69) is 14.9 Å². The molecule has 3 aliphatic rings. The van der Waals surface area contributed by atoms with Gasteiger partial charge in [-0.3, -0.25) is 19.6 Å². The van der Waals surface area contributed by atoms with Gasteiger partial charge < -0.3 is 14.7 Å². The number of carbonyl (C=O) groups is 3. The lowest BCUT2D eigenvalue weighted by Gasteiger charge is -2.42. The van der Waals surface area contributed by atoms with Gasteiger partial charge in [-0.2, -0.15) is 0 Å². The molecule has 3 heterocycles. The second kappa shape index (κ2) is 11.1. The average molecular weight is 473 g/mol. The minimum absolute atomic E-state index is 0.0113. The molecule has 3 atom stereocenters. The van der Waals surface area contributed by atoms with Gasteiger partial charge in [0.2, 0.25) is 24.2 Å². The summed E-state index contributed by atoms with van der Waals surface area (Å²) in [4.78, 5) is 52.5. The van der Waals surface area contributed by atoms with Gasteiger partial charge in [-0.15, -0.1) is 0 Å². The van der Waals surface area contributed by atoms with E-state index in [1.165, 1.54) is 0 Å². The number of anilines is 1. The Morgan fingerprint density at radius 3 is 2.53 bits per heavy atom. The SMILES string of the molecule is C[C@@H]1CN(c2ncccn2)CCN1C(=O)[C@@H]1CCCN1C(=O)C(CC1CCCC1)CN(O)C=O. The van der Waals surface area contributed by atoms with Crippen molar-refractivity contribution in [2.45, 2.75) is 64.0 Å². The van der Waals surface area contributed by atoms with Crippen molar-refractivity contribution >= 4 is 24.2 Å². The third-order valence-electron chi connectivity index (χ3n) is 7.54. The van der Waals surface area contributed by atoms with Gasteiger partial charge in [-0.25, -0.2) is 15.0 Å². The Balaban J connectivity index is 1.42. The van der Waals surface area contributed by atoms with Crippen LogP contribution >= 0.6 is 0 Å². The first-order valence-electron chi connectivity index (χ1n) is 12.5. The van der Waals surface area contributed by atoms with Crippen LogP contribution in [-0.2, 0) is 14.4 Å². The molecular formula is C24H36N6O4. The summed E-state index contributed by atoms with van der Waals surface area (Å²) in [5, 5.41) is 10.4. The number of piperazine rings is 1. The molecule has 10 nitrogen and oxygen atoms in total. The number of hydroxylamine groups is 2. The average Bonchev–Trinajstić information content (AvgIpc) is 3.55. The van der Waals surface area contributed by atoms with E-state index in [1.807, 2.05) is 11.8 Å². The van der Waals surface area contributed by atoms with Gasteiger partial charge in [-0.05, 0) is 38.2 Å². The van der Waals surface area contributed by atoms with Gasteiger partial charge >= 0.3 is 0 Å². The molecule has 0 aromatic carbocycles. The predicted octanol–water partition coefficient (Wildman–Crippen LogP) is 1.55. The Hall–Kier alpha value is -2.75. The van der Waals surface area contributed by atoms with E-state index in [9.17, 15) is 19.6 Å². The Kier molecular flexibility index (Phi) is 7.97. The molecule has 2 saturated heterocycles. The number of rotatable bonds is 8. The molecule has 1 N–H and O–H groups in total. The van der Waals surface area contributed by atoms with Gasteiger partial charge in [-0.1, -0.05) is 25.7 Å². The van der Waals surface area contributed by atoms with E-state index in [0.29, 0.717) is 62.4 Å². The highest BCUT2D eigenvalue weighted by molar-refractivity contribution is 5.89. The van der Waals surface area contributed by atoms with Crippen molar-refractivity contribution in [1.82, 2.24) is 24.8 Å². The molecule has 0 bridgehead atoms. The number of carbonyl (C=O) groups excluding carboxylic acids is 3. The summed E-state index contributed by atoms with van der Waals surface area (Å²) in [6, 6.07) is 1.27. The number of hydrogen-bond donors (Lipinski definition) is 1. The van der Waals surface area contributed by atoms with Crippen molar-refractivity contribution in [3.8, 4) is 0 Å². The van der Waals surface area contributed by atoms with Crippen molar-refractivity contribution in [2.75, 3.05) is 37.6 Å². The van der Waals surface area contributed by atoms with Crippen LogP contribution in [0.4, 0.5) is 5.95 Å². The lowest BCUT2D eigenvalue weighted by atomic mass is 9.91. The fourth-order valence-electron chi connectivity index (χ4n) is 5.81. The Bertz CT molecular complexity index is 849. The minimum atomic E-state index is -0.490. The quantitative estimate of drug-likeness (QED) is 0.347. The van der Waals surface area contributed by atoms with Crippen LogP contribution in [0.3, 0.4) is 0 Å². The topological polar surface area (TPSA) is 110 Å². The lowest BCUT2D eigenvalue weighted by Crippen LogP contribution is -2.59. The van der Waals surface area contributed by atoms with Crippen LogP contribution in [0.15, 0.2) is 18.5 Å². The molecule has 1 aromatic rings. The molecule has 10 heteroatoms. The zero-order valence-corrected chi connectivity index (χ0v) is 20.0. The zero-order chi connectivity index (χ0) is 24.1. The molecule has 1 unspecified atom stereocenters. The Morgan fingerprint density at radius 2 is 1.85 bits per heavy atom. The van der Waals surface area contributed by atoms with Crippen molar-refractivity contribution in [2.24, 2.45) is 11.8 Å². The molecule has 1 aromatic heterocycles. The first kappa shape index (κ1) is 24.4. The second-order valence-electron chi connectivity index (χ2n) is 9.88. The van der Waals surface area contributed by atoms with Crippen LogP contribution in [0.1, 0.15) is 51.9 Å². The predicted molar refractivity (Wildman–Crippen MR) is 125 cm³/mol. The monoisotopic (exact) mass is 472 g/mol. The maximum absolute atomic E-state index is 13.6. The van der Waals surface area contributed by atoms with Gasteiger partial charge in [0.1, 0.15) is 6.04 Å². The maximum atomic E-state index is 13.6. The summed E-state index contributed by atoms with van der Waals surface area (Å²) in [5.74, 6) is 0.475. The van der Waals surface area contributed by atoms with Crippen molar-refractivity contribution in [3.05, 3.63) is 18.5 Å². The normalized spacial score (nSPS) is 24.4. The third-order valence-corrected chi connectivity index (χ3v) is 7.54. The molecule has 186 valence electrons. The van der Waals surface area contributed by atoms with Crippen LogP contribution in [0.25, 0.3) is 0 Å². The van der Waals surface area contributed by atoms with Gasteiger partial charge in [0, 0.05) is 44.6 Å². The Labute approximate surface area is 200 Å². The highest BCUT2D eigenvalue weighted by atomic mass is 16.5. The van der Waals surface area contributed by atoms with Crippen LogP contribution in [-0.4, -0.2) is 93.1 Å².